The molecule has 3 amide bonds. The van der Waals surface area contributed by atoms with Crippen LogP contribution >= 0.6 is 0 Å². The molecule has 68 heavy (non-hydrogen) atoms. The molecule has 4 aromatic carbocycles. The summed E-state index contributed by atoms with van der Waals surface area (Å²) in [6, 6.07) is 21.4. The maximum absolute atomic E-state index is 14.5. The number of likely N-dealkylation sites (tertiary alicyclic amines) is 2. The number of aromatic nitrogens is 4. The summed E-state index contributed by atoms with van der Waals surface area (Å²) in [5, 5.41) is 21.0. The molecule has 2 aliphatic heterocycles. The number of amides is 3. The van der Waals surface area contributed by atoms with Crippen LogP contribution in [0.15, 0.2) is 97.1 Å². The molecule has 0 radical (unpaired) electrons. The summed E-state index contributed by atoms with van der Waals surface area (Å²) < 4.78 is 61.3. The lowest BCUT2D eigenvalue weighted by Crippen LogP contribution is -2.37. The average molecular weight is 926 g/mol. The monoisotopic (exact) mass is 925 g/mol. The summed E-state index contributed by atoms with van der Waals surface area (Å²) in [5.74, 6) is 5.64. The van der Waals surface area contributed by atoms with E-state index in [1.54, 1.807) is 69.6 Å². The van der Waals surface area contributed by atoms with Gasteiger partial charge >= 0.3 is 5.97 Å². The Balaban J connectivity index is 0.000000202. The van der Waals surface area contributed by atoms with Crippen molar-refractivity contribution in [1.82, 2.24) is 29.7 Å². The van der Waals surface area contributed by atoms with Gasteiger partial charge < -0.3 is 30.5 Å². The number of rotatable bonds is 7. The first-order valence-corrected chi connectivity index (χ1v) is 20.8. The van der Waals surface area contributed by atoms with Crippen molar-refractivity contribution in [1.29, 1.82) is 0 Å². The third-order valence-electron chi connectivity index (χ3n) is 10.7. The van der Waals surface area contributed by atoms with Gasteiger partial charge in [-0.2, -0.15) is 0 Å². The van der Waals surface area contributed by atoms with Crippen LogP contribution in [0, 0.1) is 47.0 Å². The number of ether oxygens (including phenoxy) is 1. The SMILES string of the molecule is CCOC(=O)c1cc(-c2cc(F)ccc2F)nc(-c2cccc(C#C[C@]3(O)CCN(C)C3=O)c2)n1.CN1CC[C@@](O)(C#Cc2cccc(-c3nc(C(N)=O)cc(-c4cc(F)ccc4F)n3)c2)C1=O. The molecular formula is C50H39F4N7O7. The largest absolute Gasteiger partial charge is 0.461 e. The first-order chi connectivity index (χ1) is 32.4. The van der Waals surface area contributed by atoms with Gasteiger partial charge in [0.25, 0.3) is 17.7 Å². The van der Waals surface area contributed by atoms with Crippen molar-refractivity contribution in [2.75, 3.05) is 33.8 Å². The number of aliphatic hydroxyl groups is 2. The highest BCUT2D eigenvalue weighted by atomic mass is 19.1. The van der Waals surface area contributed by atoms with E-state index in [-0.39, 0.29) is 65.0 Å². The van der Waals surface area contributed by atoms with Gasteiger partial charge in [-0.05, 0) is 79.7 Å². The molecule has 2 aromatic heterocycles. The lowest BCUT2D eigenvalue weighted by Gasteiger charge is -2.13. The number of halogens is 4. The molecule has 18 heteroatoms. The van der Waals surface area contributed by atoms with E-state index in [9.17, 15) is 47.0 Å². The number of benzene rings is 4. The van der Waals surface area contributed by atoms with Crippen molar-refractivity contribution in [3.63, 3.8) is 0 Å². The van der Waals surface area contributed by atoms with Crippen molar-refractivity contribution in [3.8, 4) is 69.0 Å². The molecule has 2 aliphatic rings. The number of hydrogen-bond donors (Lipinski definition) is 3. The van der Waals surface area contributed by atoms with Crippen molar-refractivity contribution in [3.05, 3.63) is 143 Å². The highest BCUT2D eigenvalue weighted by molar-refractivity contribution is 5.93. The minimum absolute atomic E-state index is 0.000408. The summed E-state index contributed by atoms with van der Waals surface area (Å²) >= 11 is 0. The highest BCUT2D eigenvalue weighted by Crippen LogP contribution is 2.29. The molecule has 0 unspecified atom stereocenters. The van der Waals surface area contributed by atoms with Gasteiger partial charge in [0.2, 0.25) is 11.2 Å². The Morgan fingerprint density at radius 1 is 0.662 bits per heavy atom. The van der Waals surface area contributed by atoms with Crippen LogP contribution in [0.5, 0.6) is 0 Å². The Labute approximate surface area is 386 Å². The van der Waals surface area contributed by atoms with Crippen molar-refractivity contribution in [2.45, 2.75) is 31.0 Å². The van der Waals surface area contributed by atoms with Crippen LogP contribution in [0.3, 0.4) is 0 Å². The summed E-state index contributed by atoms with van der Waals surface area (Å²) in [6.07, 6.45) is 0.392. The Kier molecular flexibility index (Phi) is 13.8. The zero-order chi connectivity index (χ0) is 48.9. The number of carbonyl (C=O) groups is 4. The van der Waals surface area contributed by atoms with Crippen LogP contribution in [-0.2, 0) is 14.3 Å². The molecule has 0 aliphatic carbocycles. The van der Waals surface area contributed by atoms with E-state index in [0.717, 1.165) is 36.4 Å². The van der Waals surface area contributed by atoms with Crippen LogP contribution in [0.2, 0.25) is 0 Å². The normalized spacial score (nSPS) is 17.4. The van der Waals surface area contributed by atoms with Crippen LogP contribution in [0.25, 0.3) is 45.3 Å². The fourth-order valence-corrected chi connectivity index (χ4v) is 7.01. The minimum atomic E-state index is -1.76. The predicted octanol–water partition coefficient (Wildman–Crippen LogP) is 5.34. The second kappa shape index (κ2) is 19.6. The molecule has 2 fully saturated rings. The second-order valence-corrected chi connectivity index (χ2v) is 15.6. The van der Waals surface area contributed by atoms with E-state index < -0.39 is 58.2 Å². The lowest BCUT2D eigenvalue weighted by molar-refractivity contribution is -0.138. The summed E-state index contributed by atoms with van der Waals surface area (Å²) in [5.41, 5.74) is 3.03. The fourth-order valence-electron chi connectivity index (χ4n) is 7.01. The van der Waals surface area contributed by atoms with Gasteiger partial charge in [0.05, 0.1) is 18.0 Å². The third kappa shape index (κ3) is 10.5. The molecule has 2 atom stereocenters. The Bertz CT molecular complexity index is 3150. The van der Waals surface area contributed by atoms with E-state index in [4.69, 9.17) is 10.5 Å². The maximum Gasteiger partial charge on any atom is 0.357 e. The standard InChI is InChI=1S/C26H21F2N3O4.C24H18F2N4O3/c1-3-35-24(32)22-15-21(19-14-18(27)7-8-20(19)28)29-23(30-22)17-6-4-5-16(13-17)9-10-26(34)11-12-31(2)25(26)33;1-30-10-9-24(33,23(30)32)8-7-14-3-2-4-15(11-14)22-28-19(13-20(29-22)21(27)31)17-12-16(25)5-6-18(17)26/h4-8,13-15,34H,3,11-12H2,1-2H3;2-6,11-13,33H,9-10H2,1H3,(H2,27,31)/t26-;24-/m00/s1. The minimum Gasteiger partial charge on any atom is -0.461 e. The molecular weight excluding hydrogens is 887 g/mol. The summed E-state index contributed by atoms with van der Waals surface area (Å²) in [6.45, 7) is 2.54. The molecule has 344 valence electrons. The molecule has 8 rings (SSSR count). The number of primary amides is 1. The average Bonchev–Trinajstić information content (AvgIpc) is 3.75. The van der Waals surface area contributed by atoms with Gasteiger partial charge in [0, 0.05) is 73.4 Å². The zero-order valence-corrected chi connectivity index (χ0v) is 36.5. The van der Waals surface area contributed by atoms with E-state index in [1.165, 1.54) is 21.9 Å². The van der Waals surface area contributed by atoms with E-state index in [0.29, 0.717) is 35.3 Å². The number of nitrogens with zero attached hydrogens (tertiary/aromatic N) is 6. The Morgan fingerprint density at radius 2 is 1.10 bits per heavy atom. The first-order valence-electron chi connectivity index (χ1n) is 20.8. The van der Waals surface area contributed by atoms with Gasteiger partial charge in [0.15, 0.2) is 17.3 Å². The fraction of sp³-hybridized carbons (Fsp3) is 0.200. The molecule has 0 saturated carbocycles. The van der Waals surface area contributed by atoms with E-state index >= 15 is 0 Å². The highest BCUT2D eigenvalue weighted by Gasteiger charge is 2.43. The first kappa shape index (κ1) is 47.6. The topological polar surface area (TPSA) is 202 Å². The van der Waals surface area contributed by atoms with Crippen LogP contribution < -0.4 is 5.73 Å². The predicted molar refractivity (Wildman–Crippen MR) is 238 cm³/mol. The molecule has 0 spiro atoms. The number of hydrogen-bond acceptors (Lipinski definition) is 11. The molecule has 4 N–H and O–H groups in total. The van der Waals surface area contributed by atoms with Crippen molar-refractivity contribution in [2.24, 2.45) is 5.73 Å². The van der Waals surface area contributed by atoms with Crippen LogP contribution in [-0.4, -0.2) is 109 Å². The molecule has 0 bridgehead atoms. The Morgan fingerprint density at radius 3 is 1.51 bits per heavy atom. The van der Waals surface area contributed by atoms with E-state index in [1.807, 2.05) is 0 Å². The molecule has 2 saturated heterocycles. The van der Waals surface area contributed by atoms with Crippen molar-refractivity contribution >= 4 is 23.7 Å². The number of nitrogens with two attached hydrogens (primary N) is 1. The molecule has 4 heterocycles. The van der Waals surface area contributed by atoms with Crippen LogP contribution in [0.4, 0.5) is 17.6 Å². The van der Waals surface area contributed by atoms with Gasteiger partial charge in [-0.25, -0.2) is 42.3 Å². The quantitative estimate of drug-likeness (QED) is 0.106. The van der Waals surface area contributed by atoms with Gasteiger partial charge in [-0.1, -0.05) is 47.9 Å². The van der Waals surface area contributed by atoms with Gasteiger partial charge in [-0.3, -0.25) is 14.4 Å². The lowest BCUT2D eigenvalue weighted by atomic mass is 10.0. The Hall–Kier alpha value is -8.32. The zero-order valence-electron chi connectivity index (χ0n) is 36.5. The smallest absolute Gasteiger partial charge is 0.357 e. The number of esters is 1. The van der Waals surface area contributed by atoms with Gasteiger partial charge in [0.1, 0.15) is 29.0 Å². The summed E-state index contributed by atoms with van der Waals surface area (Å²) in [7, 11) is 3.18. The van der Waals surface area contributed by atoms with Gasteiger partial charge in [-0.15, -0.1) is 0 Å². The molecule has 14 nitrogen and oxygen atoms in total. The number of likely N-dealkylation sites (N-methyl/N-ethyl adjacent to an activating group) is 2. The number of carbonyl (C=O) groups excluding carboxylic acids is 4. The second-order valence-electron chi connectivity index (χ2n) is 15.6. The maximum atomic E-state index is 14.5. The van der Waals surface area contributed by atoms with Crippen LogP contribution in [0.1, 0.15) is 51.9 Å². The molecule has 6 aromatic rings. The van der Waals surface area contributed by atoms with Crippen molar-refractivity contribution < 1.29 is 51.7 Å². The third-order valence-corrected chi connectivity index (χ3v) is 10.7. The summed E-state index contributed by atoms with van der Waals surface area (Å²) in [4.78, 5) is 68.3. The van der Waals surface area contributed by atoms with E-state index in [2.05, 4.69) is 43.6 Å².